The number of benzene rings is 2. The highest BCUT2D eigenvalue weighted by atomic mass is 19.2. The lowest BCUT2D eigenvalue weighted by atomic mass is 10.1. The number of anilines is 3. The second-order valence-electron chi connectivity index (χ2n) is 5.89. The van der Waals surface area contributed by atoms with Gasteiger partial charge in [0.1, 0.15) is 0 Å². The van der Waals surface area contributed by atoms with E-state index >= 15 is 0 Å². The molecule has 0 radical (unpaired) electrons. The first kappa shape index (κ1) is 17.5. The van der Waals surface area contributed by atoms with Crippen LogP contribution in [0, 0.1) is 25.5 Å². The second kappa shape index (κ2) is 7.26. The Morgan fingerprint density at radius 3 is 2.19 bits per heavy atom. The maximum Gasteiger partial charge on any atom is 0.276 e. The summed E-state index contributed by atoms with van der Waals surface area (Å²) < 4.78 is 26.1. The molecule has 0 atom stereocenters. The van der Waals surface area contributed by atoms with Crippen LogP contribution in [0.15, 0.2) is 48.5 Å². The van der Waals surface area contributed by atoms with Gasteiger partial charge in [-0.2, -0.15) is 0 Å². The van der Waals surface area contributed by atoms with E-state index in [4.69, 9.17) is 0 Å². The Morgan fingerprint density at radius 1 is 0.846 bits per heavy atom. The van der Waals surface area contributed by atoms with Gasteiger partial charge in [0.15, 0.2) is 23.1 Å². The third-order valence-corrected chi connectivity index (χ3v) is 3.57. The Morgan fingerprint density at radius 2 is 1.58 bits per heavy atom. The van der Waals surface area contributed by atoms with Crippen LogP contribution in [0.5, 0.6) is 0 Å². The quantitative estimate of drug-likeness (QED) is 0.730. The van der Waals surface area contributed by atoms with Crippen LogP contribution >= 0.6 is 0 Å². The van der Waals surface area contributed by atoms with Gasteiger partial charge in [0.25, 0.3) is 5.91 Å². The Labute approximate surface area is 149 Å². The Hall–Kier alpha value is -3.35. The first-order valence-corrected chi connectivity index (χ1v) is 7.86. The van der Waals surface area contributed by atoms with E-state index < -0.39 is 11.6 Å². The number of amides is 1. The molecule has 1 heterocycles. The highest BCUT2D eigenvalue weighted by Gasteiger charge is 2.10. The SMILES string of the molecule is Cc1cc(C)cc(NC(=O)c2ccc(Nc3ccc(F)c(F)c3)nn2)c1. The summed E-state index contributed by atoms with van der Waals surface area (Å²) in [5.41, 5.74) is 3.22. The molecule has 0 bridgehead atoms. The summed E-state index contributed by atoms with van der Waals surface area (Å²) >= 11 is 0. The van der Waals surface area contributed by atoms with E-state index in [9.17, 15) is 13.6 Å². The molecule has 0 fully saturated rings. The number of hydrogen-bond donors (Lipinski definition) is 2. The van der Waals surface area contributed by atoms with Gasteiger partial charge in [-0.25, -0.2) is 8.78 Å². The fraction of sp³-hybridized carbons (Fsp3) is 0.105. The van der Waals surface area contributed by atoms with Crippen molar-refractivity contribution in [2.24, 2.45) is 0 Å². The summed E-state index contributed by atoms with van der Waals surface area (Å²) in [7, 11) is 0. The molecule has 0 aliphatic carbocycles. The predicted octanol–water partition coefficient (Wildman–Crippen LogP) is 4.37. The zero-order chi connectivity index (χ0) is 18.7. The third kappa shape index (κ3) is 4.18. The van der Waals surface area contributed by atoms with Crippen LogP contribution in [0.2, 0.25) is 0 Å². The number of nitrogens with one attached hydrogen (secondary N) is 2. The summed E-state index contributed by atoms with van der Waals surface area (Å²) in [5.74, 6) is -1.98. The van der Waals surface area contributed by atoms with Gasteiger partial charge in [-0.15, -0.1) is 10.2 Å². The molecule has 0 spiro atoms. The van der Waals surface area contributed by atoms with Crippen molar-refractivity contribution in [1.29, 1.82) is 0 Å². The molecule has 3 rings (SSSR count). The first-order valence-electron chi connectivity index (χ1n) is 7.86. The van der Waals surface area contributed by atoms with Crippen LogP contribution in [-0.4, -0.2) is 16.1 Å². The molecule has 0 saturated carbocycles. The molecule has 2 aromatic carbocycles. The predicted molar refractivity (Wildman–Crippen MR) is 95.5 cm³/mol. The van der Waals surface area contributed by atoms with Crippen molar-refractivity contribution in [2.75, 3.05) is 10.6 Å². The number of carbonyl (C=O) groups is 1. The monoisotopic (exact) mass is 354 g/mol. The summed E-state index contributed by atoms with van der Waals surface area (Å²) in [4.78, 5) is 12.3. The van der Waals surface area contributed by atoms with Gasteiger partial charge in [0, 0.05) is 17.4 Å². The fourth-order valence-corrected chi connectivity index (χ4v) is 2.48. The average Bonchev–Trinajstić information content (AvgIpc) is 2.58. The second-order valence-corrected chi connectivity index (χ2v) is 5.89. The summed E-state index contributed by atoms with van der Waals surface area (Å²) in [5, 5.41) is 13.3. The minimum atomic E-state index is -0.965. The highest BCUT2D eigenvalue weighted by molar-refractivity contribution is 6.02. The number of hydrogen-bond acceptors (Lipinski definition) is 4. The topological polar surface area (TPSA) is 66.9 Å². The molecular weight excluding hydrogens is 338 g/mol. The lowest BCUT2D eigenvalue weighted by Crippen LogP contribution is -2.14. The number of rotatable bonds is 4. The van der Waals surface area contributed by atoms with Crippen LogP contribution in [0.3, 0.4) is 0 Å². The molecule has 132 valence electrons. The van der Waals surface area contributed by atoms with E-state index in [1.54, 1.807) is 0 Å². The number of aromatic nitrogens is 2. The Balaban J connectivity index is 1.70. The standard InChI is InChI=1S/C19H16F2N4O/c1-11-7-12(2)9-14(8-11)23-19(26)17-5-6-18(25-24-17)22-13-3-4-15(20)16(21)10-13/h3-10H,1-2H3,(H,22,25)(H,23,26). The molecule has 26 heavy (non-hydrogen) atoms. The number of nitrogens with zero attached hydrogens (tertiary/aromatic N) is 2. The van der Waals surface area contributed by atoms with Gasteiger partial charge in [0.05, 0.1) is 0 Å². The van der Waals surface area contributed by atoms with Gasteiger partial charge in [-0.05, 0) is 61.4 Å². The lowest BCUT2D eigenvalue weighted by molar-refractivity contribution is 0.102. The normalized spacial score (nSPS) is 10.5. The summed E-state index contributed by atoms with van der Waals surface area (Å²) in [6, 6.07) is 12.1. The van der Waals surface area contributed by atoms with Crippen molar-refractivity contribution >= 4 is 23.1 Å². The summed E-state index contributed by atoms with van der Waals surface area (Å²) in [6.45, 7) is 3.89. The van der Waals surface area contributed by atoms with E-state index in [-0.39, 0.29) is 11.6 Å². The molecule has 0 aliphatic heterocycles. The molecule has 0 unspecified atom stereocenters. The smallest absolute Gasteiger partial charge is 0.276 e. The molecule has 2 N–H and O–H groups in total. The number of aryl methyl sites for hydroxylation is 2. The Kier molecular flexibility index (Phi) is 4.88. The maximum atomic E-state index is 13.2. The van der Waals surface area contributed by atoms with E-state index in [0.29, 0.717) is 17.2 Å². The molecular formula is C19H16F2N4O. The Bertz CT molecular complexity index is 938. The minimum Gasteiger partial charge on any atom is -0.339 e. The van der Waals surface area contributed by atoms with Crippen LogP contribution in [0.1, 0.15) is 21.6 Å². The largest absolute Gasteiger partial charge is 0.339 e. The van der Waals surface area contributed by atoms with Crippen molar-refractivity contribution in [3.05, 3.63) is 77.0 Å². The first-order chi connectivity index (χ1) is 12.4. The van der Waals surface area contributed by atoms with Gasteiger partial charge >= 0.3 is 0 Å². The number of halogens is 2. The third-order valence-electron chi connectivity index (χ3n) is 3.57. The van der Waals surface area contributed by atoms with Crippen molar-refractivity contribution in [3.63, 3.8) is 0 Å². The average molecular weight is 354 g/mol. The highest BCUT2D eigenvalue weighted by Crippen LogP contribution is 2.18. The molecule has 0 aliphatic rings. The molecule has 1 aromatic heterocycles. The maximum absolute atomic E-state index is 13.2. The molecule has 1 amide bonds. The lowest BCUT2D eigenvalue weighted by Gasteiger charge is -2.08. The molecule has 0 saturated heterocycles. The zero-order valence-electron chi connectivity index (χ0n) is 14.2. The fourth-order valence-electron chi connectivity index (χ4n) is 2.48. The van der Waals surface area contributed by atoms with Gasteiger partial charge in [-0.3, -0.25) is 4.79 Å². The van der Waals surface area contributed by atoms with E-state index in [2.05, 4.69) is 20.8 Å². The van der Waals surface area contributed by atoms with Gasteiger partial charge in [-0.1, -0.05) is 6.07 Å². The van der Waals surface area contributed by atoms with Gasteiger partial charge < -0.3 is 10.6 Å². The molecule has 3 aromatic rings. The minimum absolute atomic E-state index is 0.139. The molecule has 7 heteroatoms. The zero-order valence-corrected chi connectivity index (χ0v) is 14.2. The van der Waals surface area contributed by atoms with Crippen molar-refractivity contribution in [1.82, 2.24) is 10.2 Å². The van der Waals surface area contributed by atoms with Crippen molar-refractivity contribution in [3.8, 4) is 0 Å². The van der Waals surface area contributed by atoms with Gasteiger partial charge in [0.2, 0.25) is 0 Å². The number of carbonyl (C=O) groups excluding carboxylic acids is 1. The van der Waals surface area contributed by atoms with Crippen LogP contribution in [0.4, 0.5) is 26.0 Å². The van der Waals surface area contributed by atoms with Crippen molar-refractivity contribution in [2.45, 2.75) is 13.8 Å². The van der Waals surface area contributed by atoms with Crippen LogP contribution in [-0.2, 0) is 0 Å². The van der Waals surface area contributed by atoms with E-state index in [1.165, 1.54) is 18.2 Å². The molecule has 5 nitrogen and oxygen atoms in total. The van der Waals surface area contributed by atoms with Crippen LogP contribution in [0.25, 0.3) is 0 Å². The summed E-state index contributed by atoms with van der Waals surface area (Å²) in [6.07, 6.45) is 0. The van der Waals surface area contributed by atoms with E-state index in [1.807, 2.05) is 32.0 Å². The van der Waals surface area contributed by atoms with Crippen LogP contribution < -0.4 is 10.6 Å². The van der Waals surface area contributed by atoms with Crippen molar-refractivity contribution < 1.29 is 13.6 Å². The van der Waals surface area contributed by atoms with E-state index in [0.717, 1.165) is 23.3 Å².